The summed E-state index contributed by atoms with van der Waals surface area (Å²) in [6.45, 7) is 4.26. The van der Waals surface area contributed by atoms with Crippen LogP contribution in [0.3, 0.4) is 0 Å². The Hall–Kier alpha value is -0.440. The van der Waals surface area contributed by atoms with Crippen LogP contribution in [0.4, 0.5) is 0 Å². The summed E-state index contributed by atoms with van der Waals surface area (Å²) in [5, 5.41) is 69.1. The molecule has 0 aromatic carbocycles. The summed E-state index contributed by atoms with van der Waals surface area (Å²) in [6.07, 6.45) is -15.6. The molecule has 0 spiro atoms. The average molecular weight is 398 g/mol. The summed E-state index contributed by atoms with van der Waals surface area (Å²) in [6, 6.07) is 0. The molecular weight excluding hydrogens is 368 g/mol. The van der Waals surface area contributed by atoms with Gasteiger partial charge < -0.3 is 54.7 Å². The first-order valence-electron chi connectivity index (χ1n) is 8.89. The van der Waals surface area contributed by atoms with Crippen molar-refractivity contribution >= 4 is 0 Å². The van der Waals surface area contributed by atoms with Gasteiger partial charge in [0.25, 0.3) is 0 Å². The molecule has 160 valence electrons. The van der Waals surface area contributed by atoms with Crippen molar-refractivity contribution in [2.75, 3.05) is 6.61 Å². The van der Waals surface area contributed by atoms with E-state index in [0.717, 1.165) is 0 Å². The summed E-state index contributed by atoms with van der Waals surface area (Å²) in [7, 11) is 0. The molecule has 2 rings (SSSR count). The predicted octanol–water partition coefficient (Wildman–Crippen LogP) is -3.58. The first-order chi connectivity index (χ1) is 12.6. The maximum atomic E-state index is 10.2. The normalized spacial score (nSPS) is 47.2. The molecule has 2 fully saturated rings. The molecular formula is C16H30O11. The Morgan fingerprint density at radius 3 is 1.74 bits per heavy atom. The summed E-state index contributed by atoms with van der Waals surface area (Å²) >= 11 is 0. The highest BCUT2D eigenvalue weighted by Crippen LogP contribution is 2.29. The number of ether oxygens (including phenoxy) is 4. The molecule has 11 atom stereocenters. The van der Waals surface area contributed by atoms with Gasteiger partial charge >= 0.3 is 0 Å². The van der Waals surface area contributed by atoms with Crippen LogP contribution < -0.4 is 0 Å². The third kappa shape index (κ3) is 4.95. The molecule has 2 aliphatic rings. The fourth-order valence-electron chi connectivity index (χ4n) is 3.11. The van der Waals surface area contributed by atoms with Gasteiger partial charge in [0.1, 0.15) is 48.8 Å². The van der Waals surface area contributed by atoms with Crippen molar-refractivity contribution in [1.29, 1.82) is 0 Å². The summed E-state index contributed by atoms with van der Waals surface area (Å²) in [5.41, 5.74) is 0. The number of hydrogen-bond donors (Lipinski definition) is 7. The lowest BCUT2D eigenvalue weighted by atomic mass is 9.95. The van der Waals surface area contributed by atoms with Gasteiger partial charge in [-0.05, 0) is 20.8 Å². The van der Waals surface area contributed by atoms with Crippen LogP contribution >= 0.6 is 0 Å². The van der Waals surface area contributed by atoms with E-state index in [2.05, 4.69) is 0 Å². The zero-order valence-corrected chi connectivity index (χ0v) is 15.4. The largest absolute Gasteiger partial charge is 0.394 e. The average Bonchev–Trinajstić information content (AvgIpc) is 2.62. The van der Waals surface area contributed by atoms with E-state index in [-0.39, 0.29) is 6.10 Å². The molecule has 7 N–H and O–H groups in total. The molecule has 0 aliphatic carbocycles. The Labute approximate surface area is 156 Å². The quantitative estimate of drug-likeness (QED) is 0.235. The van der Waals surface area contributed by atoms with Crippen molar-refractivity contribution in [3.63, 3.8) is 0 Å². The molecule has 0 aromatic rings. The standard InChI is InChI=1S/C16H30O11/c1-5(2)24-15-13(23)10(20)11(21)14(27-15)6(3)25-16-12(22)9(19)8(18)7(4-17)26-16/h5-23H,4H2,1-3H3/t6?,7-,8-,9+,10+,11+,12-,13-,14-,15+,16+/m1/s1. The molecule has 1 unspecified atom stereocenters. The molecule has 0 amide bonds. The zero-order chi connectivity index (χ0) is 20.5. The minimum Gasteiger partial charge on any atom is -0.394 e. The van der Waals surface area contributed by atoms with Gasteiger partial charge in [0, 0.05) is 0 Å². The second-order valence-electron chi connectivity index (χ2n) is 7.16. The van der Waals surface area contributed by atoms with Gasteiger partial charge in [-0.3, -0.25) is 0 Å². The Balaban J connectivity index is 2.07. The van der Waals surface area contributed by atoms with Gasteiger partial charge in [-0.2, -0.15) is 0 Å². The van der Waals surface area contributed by atoms with Crippen molar-refractivity contribution in [2.24, 2.45) is 0 Å². The predicted molar refractivity (Wildman–Crippen MR) is 87.2 cm³/mol. The smallest absolute Gasteiger partial charge is 0.187 e. The van der Waals surface area contributed by atoms with Crippen LogP contribution in [0, 0.1) is 0 Å². The SMILES string of the molecule is CC(C)O[C@H]1O[C@H](C(C)O[C@H]2O[C@H](CO)[C@@H](O)[C@H](O)[C@H]2O)[C@@H](O)[C@H](O)[C@H]1O. The molecule has 2 heterocycles. The van der Waals surface area contributed by atoms with Crippen LogP contribution in [0.5, 0.6) is 0 Å². The van der Waals surface area contributed by atoms with E-state index < -0.39 is 74.1 Å². The number of hydrogen-bond acceptors (Lipinski definition) is 11. The van der Waals surface area contributed by atoms with Crippen molar-refractivity contribution in [2.45, 2.75) is 94.4 Å². The highest BCUT2D eigenvalue weighted by Gasteiger charge is 2.49. The summed E-state index contributed by atoms with van der Waals surface area (Å²) < 4.78 is 21.7. The van der Waals surface area contributed by atoms with E-state index in [1.54, 1.807) is 13.8 Å². The molecule has 2 aliphatic heterocycles. The fourth-order valence-corrected chi connectivity index (χ4v) is 3.11. The second-order valence-corrected chi connectivity index (χ2v) is 7.16. The van der Waals surface area contributed by atoms with Crippen LogP contribution in [0.25, 0.3) is 0 Å². The second kappa shape index (κ2) is 9.37. The summed E-state index contributed by atoms with van der Waals surface area (Å²) in [5.74, 6) is 0. The summed E-state index contributed by atoms with van der Waals surface area (Å²) in [4.78, 5) is 0. The first kappa shape index (κ1) is 22.8. The number of aliphatic hydroxyl groups is 7. The lowest BCUT2D eigenvalue weighted by Gasteiger charge is -2.45. The highest BCUT2D eigenvalue weighted by atomic mass is 16.7. The minimum absolute atomic E-state index is 0.325. The Morgan fingerprint density at radius 2 is 1.22 bits per heavy atom. The maximum Gasteiger partial charge on any atom is 0.187 e. The minimum atomic E-state index is -1.62. The van der Waals surface area contributed by atoms with Gasteiger partial charge in [0.05, 0.1) is 18.8 Å². The molecule has 11 heteroatoms. The Morgan fingerprint density at radius 1 is 0.704 bits per heavy atom. The van der Waals surface area contributed by atoms with Crippen molar-refractivity contribution in [1.82, 2.24) is 0 Å². The lowest BCUT2D eigenvalue weighted by molar-refractivity contribution is -0.348. The lowest BCUT2D eigenvalue weighted by Crippen LogP contribution is -2.63. The maximum absolute atomic E-state index is 10.2. The van der Waals surface area contributed by atoms with Gasteiger partial charge in [0.2, 0.25) is 0 Å². The fraction of sp³-hybridized carbons (Fsp3) is 1.00. The van der Waals surface area contributed by atoms with E-state index >= 15 is 0 Å². The molecule has 0 radical (unpaired) electrons. The molecule has 2 saturated heterocycles. The monoisotopic (exact) mass is 398 g/mol. The van der Waals surface area contributed by atoms with Crippen LogP contribution in [-0.4, -0.2) is 116 Å². The zero-order valence-electron chi connectivity index (χ0n) is 15.4. The van der Waals surface area contributed by atoms with E-state index in [0.29, 0.717) is 0 Å². The van der Waals surface area contributed by atoms with Crippen LogP contribution in [0.1, 0.15) is 20.8 Å². The molecule has 0 bridgehead atoms. The van der Waals surface area contributed by atoms with E-state index in [9.17, 15) is 35.7 Å². The van der Waals surface area contributed by atoms with E-state index in [4.69, 9.17) is 18.9 Å². The Kier molecular flexibility index (Phi) is 7.93. The topological polar surface area (TPSA) is 179 Å². The van der Waals surface area contributed by atoms with Gasteiger partial charge in [0.15, 0.2) is 12.6 Å². The van der Waals surface area contributed by atoms with Crippen LogP contribution in [0.15, 0.2) is 0 Å². The number of rotatable bonds is 6. The van der Waals surface area contributed by atoms with E-state index in [1.165, 1.54) is 6.92 Å². The van der Waals surface area contributed by atoms with E-state index in [1.807, 2.05) is 0 Å². The van der Waals surface area contributed by atoms with Gasteiger partial charge in [-0.25, -0.2) is 0 Å². The first-order valence-corrected chi connectivity index (χ1v) is 8.89. The van der Waals surface area contributed by atoms with Gasteiger partial charge in [-0.1, -0.05) is 0 Å². The van der Waals surface area contributed by atoms with Crippen molar-refractivity contribution < 1.29 is 54.7 Å². The van der Waals surface area contributed by atoms with Crippen LogP contribution in [0.2, 0.25) is 0 Å². The third-order valence-corrected chi connectivity index (χ3v) is 4.67. The van der Waals surface area contributed by atoms with Crippen molar-refractivity contribution in [3.05, 3.63) is 0 Å². The number of aliphatic hydroxyl groups excluding tert-OH is 7. The Bertz CT molecular complexity index is 462. The van der Waals surface area contributed by atoms with Crippen LogP contribution in [-0.2, 0) is 18.9 Å². The third-order valence-electron chi connectivity index (χ3n) is 4.67. The van der Waals surface area contributed by atoms with Gasteiger partial charge in [-0.15, -0.1) is 0 Å². The molecule has 27 heavy (non-hydrogen) atoms. The molecule has 0 aromatic heterocycles. The molecule has 0 saturated carbocycles. The molecule has 11 nitrogen and oxygen atoms in total. The highest BCUT2D eigenvalue weighted by molar-refractivity contribution is 4.94. The van der Waals surface area contributed by atoms with Crippen molar-refractivity contribution in [3.8, 4) is 0 Å².